The van der Waals surface area contributed by atoms with E-state index in [4.69, 9.17) is 11.6 Å². The van der Waals surface area contributed by atoms with Crippen molar-refractivity contribution in [3.63, 3.8) is 0 Å². The molecule has 146 valence electrons. The van der Waals surface area contributed by atoms with Crippen LogP contribution < -0.4 is 15.2 Å². The molecule has 1 heterocycles. The van der Waals surface area contributed by atoms with E-state index >= 15 is 0 Å². The van der Waals surface area contributed by atoms with Crippen LogP contribution in [0.2, 0.25) is 5.02 Å². The van der Waals surface area contributed by atoms with Crippen LogP contribution in [0, 0.1) is 0 Å². The van der Waals surface area contributed by atoms with Gasteiger partial charge in [0.05, 0.1) is 0 Å². The van der Waals surface area contributed by atoms with Gasteiger partial charge in [0.25, 0.3) is 5.91 Å². The lowest BCUT2D eigenvalue weighted by molar-refractivity contribution is -1.02. The Morgan fingerprint density at radius 1 is 1.00 bits per heavy atom. The van der Waals surface area contributed by atoms with Crippen LogP contribution in [0.1, 0.15) is 11.1 Å². The van der Waals surface area contributed by atoms with E-state index in [2.05, 4.69) is 16.6 Å². The fraction of sp³-hybridized carbons (Fsp3) is 0.273. The second-order valence-electron chi connectivity index (χ2n) is 7.03. The Morgan fingerprint density at radius 2 is 1.68 bits per heavy atom. The largest absolute Gasteiger partial charge is 0.322 e. The monoisotopic (exact) mass is 398 g/mol. The zero-order chi connectivity index (χ0) is 19.6. The quantitative estimate of drug-likeness (QED) is 0.460. The van der Waals surface area contributed by atoms with Crippen molar-refractivity contribution in [2.45, 2.75) is 6.54 Å². The first-order chi connectivity index (χ1) is 13.7. The average molecular weight is 399 g/mol. The summed E-state index contributed by atoms with van der Waals surface area (Å²) >= 11 is 6.26. The number of hydrogen-bond acceptors (Lipinski definition) is 2. The summed E-state index contributed by atoms with van der Waals surface area (Å²) in [7, 11) is 0. The Balaban J connectivity index is 1.35. The number of amides is 1. The second-order valence-corrected chi connectivity index (χ2v) is 7.44. The third-order valence-corrected chi connectivity index (χ3v) is 5.28. The molecule has 0 radical (unpaired) electrons. The highest BCUT2D eigenvalue weighted by molar-refractivity contribution is 6.31. The number of carbonyl (C=O) groups is 1. The number of hydrazone groups is 1. The predicted molar refractivity (Wildman–Crippen MR) is 114 cm³/mol. The fourth-order valence-corrected chi connectivity index (χ4v) is 3.56. The minimum Gasteiger partial charge on any atom is -0.322 e. The number of piperazine rings is 1. The Bertz CT molecular complexity index is 814. The zero-order valence-corrected chi connectivity index (χ0v) is 16.7. The van der Waals surface area contributed by atoms with Gasteiger partial charge in [0.2, 0.25) is 0 Å². The summed E-state index contributed by atoms with van der Waals surface area (Å²) in [6.45, 7) is 5.43. The molecule has 0 aliphatic carbocycles. The molecule has 2 aromatic carbocycles. The molecule has 6 heteroatoms. The third-order valence-electron chi connectivity index (χ3n) is 4.91. The van der Waals surface area contributed by atoms with E-state index in [1.807, 2.05) is 60.7 Å². The molecular weight excluding hydrogens is 372 g/mol. The summed E-state index contributed by atoms with van der Waals surface area (Å²) in [5.74, 6) is -0.0473. The molecule has 0 atom stereocenters. The number of halogens is 1. The number of hydrogen-bond donors (Lipinski definition) is 3. The van der Waals surface area contributed by atoms with E-state index < -0.39 is 0 Å². The molecule has 1 saturated heterocycles. The number of rotatable bonds is 7. The zero-order valence-electron chi connectivity index (χ0n) is 15.9. The van der Waals surface area contributed by atoms with Crippen molar-refractivity contribution in [3.05, 3.63) is 76.8 Å². The SMILES string of the molecule is O=C(C[NH+]1CC[NH+](Cc2ccccc2Cl)CC1)N/N=C\C=C/c1ccccc1. The van der Waals surface area contributed by atoms with E-state index in [0.29, 0.717) is 6.54 Å². The summed E-state index contributed by atoms with van der Waals surface area (Å²) in [5, 5.41) is 4.82. The second kappa shape index (κ2) is 10.8. The molecular formula is C22H27ClN4O+2. The molecule has 3 rings (SSSR count). The van der Waals surface area contributed by atoms with Gasteiger partial charge in [0, 0.05) is 16.8 Å². The van der Waals surface area contributed by atoms with E-state index in [0.717, 1.165) is 43.3 Å². The van der Waals surface area contributed by atoms with Gasteiger partial charge >= 0.3 is 0 Å². The molecule has 5 nitrogen and oxygen atoms in total. The van der Waals surface area contributed by atoms with E-state index in [1.54, 1.807) is 6.21 Å². The normalized spacial score (nSPS) is 19.9. The van der Waals surface area contributed by atoms with Gasteiger partial charge in [0.15, 0.2) is 6.54 Å². The molecule has 1 aliphatic heterocycles. The first-order valence-electron chi connectivity index (χ1n) is 9.65. The van der Waals surface area contributed by atoms with Crippen LogP contribution in [0.3, 0.4) is 0 Å². The van der Waals surface area contributed by atoms with Crippen molar-refractivity contribution in [1.29, 1.82) is 0 Å². The predicted octanol–water partition coefficient (Wildman–Crippen LogP) is 0.439. The first kappa shape index (κ1) is 20.3. The smallest absolute Gasteiger partial charge is 0.295 e. The lowest BCUT2D eigenvalue weighted by Crippen LogP contribution is -3.28. The Labute approximate surface area is 171 Å². The Hall–Kier alpha value is -2.47. The molecule has 0 saturated carbocycles. The molecule has 28 heavy (non-hydrogen) atoms. The van der Waals surface area contributed by atoms with Crippen LogP contribution in [0.4, 0.5) is 0 Å². The van der Waals surface area contributed by atoms with Gasteiger partial charge in [-0.05, 0) is 17.7 Å². The van der Waals surface area contributed by atoms with Gasteiger partial charge < -0.3 is 9.80 Å². The van der Waals surface area contributed by atoms with Crippen LogP contribution in [0.25, 0.3) is 6.08 Å². The minimum atomic E-state index is -0.0473. The van der Waals surface area contributed by atoms with Crippen LogP contribution >= 0.6 is 11.6 Å². The standard InChI is InChI=1S/C22H25ClN4O/c23-21-11-5-4-10-20(21)17-26-13-15-27(16-14-26)18-22(28)25-24-12-6-9-19-7-2-1-3-8-19/h1-12H,13-18H2,(H,25,28)/p+2/b9-6-,24-12-. The molecule has 1 amide bonds. The Kier molecular flexibility index (Phi) is 7.79. The number of nitrogens with one attached hydrogen (secondary N) is 3. The number of allylic oxidation sites excluding steroid dienone is 1. The lowest BCUT2D eigenvalue weighted by Gasteiger charge is -2.29. The van der Waals surface area contributed by atoms with Crippen LogP contribution in [-0.4, -0.2) is 44.8 Å². The summed E-state index contributed by atoms with van der Waals surface area (Å²) in [6, 6.07) is 18.0. The summed E-state index contributed by atoms with van der Waals surface area (Å²) in [6.07, 6.45) is 5.37. The van der Waals surface area contributed by atoms with E-state index in [9.17, 15) is 4.79 Å². The summed E-state index contributed by atoms with van der Waals surface area (Å²) in [5.41, 5.74) is 4.90. The molecule has 3 N–H and O–H groups in total. The maximum atomic E-state index is 12.1. The minimum absolute atomic E-state index is 0.0473. The van der Waals surface area contributed by atoms with E-state index in [-0.39, 0.29) is 5.91 Å². The van der Waals surface area contributed by atoms with Crippen molar-refractivity contribution < 1.29 is 14.6 Å². The first-order valence-corrected chi connectivity index (χ1v) is 10.0. The van der Waals surface area contributed by atoms with Crippen LogP contribution in [0.5, 0.6) is 0 Å². The number of carbonyl (C=O) groups excluding carboxylic acids is 1. The molecule has 1 fully saturated rings. The van der Waals surface area contributed by atoms with Crippen molar-refractivity contribution in [2.24, 2.45) is 5.10 Å². The van der Waals surface area contributed by atoms with Crippen molar-refractivity contribution in [3.8, 4) is 0 Å². The van der Waals surface area contributed by atoms with Gasteiger partial charge in [-0.15, -0.1) is 0 Å². The van der Waals surface area contributed by atoms with Crippen molar-refractivity contribution in [1.82, 2.24) is 5.43 Å². The van der Waals surface area contributed by atoms with Gasteiger partial charge in [-0.25, -0.2) is 5.43 Å². The highest BCUT2D eigenvalue weighted by Crippen LogP contribution is 2.13. The summed E-state index contributed by atoms with van der Waals surface area (Å²) in [4.78, 5) is 14.9. The highest BCUT2D eigenvalue weighted by Gasteiger charge is 2.25. The fourth-order valence-electron chi connectivity index (χ4n) is 3.36. The Morgan fingerprint density at radius 3 is 2.43 bits per heavy atom. The summed E-state index contributed by atoms with van der Waals surface area (Å²) < 4.78 is 0. The van der Waals surface area contributed by atoms with Gasteiger partial charge in [0.1, 0.15) is 32.7 Å². The van der Waals surface area contributed by atoms with Gasteiger partial charge in [-0.1, -0.05) is 66.2 Å². The number of benzene rings is 2. The molecule has 0 unspecified atom stereocenters. The average Bonchev–Trinajstić information content (AvgIpc) is 2.72. The van der Waals surface area contributed by atoms with Crippen LogP contribution in [0.15, 0.2) is 65.8 Å². The highest BCUT2D eigenvalue weighted by atomic mass is 35.5. The van der Waals surface area contributed by atoms with Crippen molar-refractivity contribution >= 4 is 29.8 Å². The van der Waals surface area contributed by atoms with Gasteiger partial charge in [-0.2, -0.15) is 5.10 Å². The third kappa shape index (κ3) is 6.60. The number of quaternary nitrogens is 2. The van der Waals surface area contributed by atoms with E-state index in [1.165, 1.54) is 15.4 Å². The lowest BCUT2D eigenvalue weighted by atomic mass is 10.2. The van der Waals surface area contributed by atoms with Crippen molar-refractivity contribution in [2.75, 3.05) is 32.7 Å². The molecule has 0 aromatic heterocycles. The maximum absolute atomic E-state index is 12.1. The maximum Gasteiger partial charge on any atom is 0.295 e. The topological polar surface area (TPSA) is 50.3 Å². The molecule has 1 aliphatic rings. The number of nitrogens with zero attached hydrogens (tertiary/aromatic N) is 1. The molecule has 2 aromatic rings. The molecule has 0 bridgehead atoms. The molecule has 0 spiro atoms. The van der Waals surface area contributed by atoms with Crippen LogP contribution in [-0.2, 0) is 11.3 Å². The van der Waals surface area contributed by atoms with Gasteiger partial charge in [-0.3, -0.25) is 4.79 Å².